The first-order valence-corrected chi connectivity index (χ1v) is 8.38. The van der Waals surface area contributed by atoms with Gasteiger partial charge in [-0.2, -0.15) is 0 Å². The third kappa shape index (κ3) is 4.77. The van der Waals surface area contributed by atoms with Crippen molar-refractivity contribution < 1.29 is 14.3 Å². The van der Waals surface area contributed by atoms with Gasteiger partial charge >= 0.3 is 6.09 Å². The Bertz CT molecular complexity index is 620. The lowest BCUT2D eigenvalue weighted by molar-refractivity contribution is 0.0210. The maximum absolute atomic E-state index is 12.1. The number of carbonyl (C=O) groups excluding carboxylic acids is 2. The molecule has 132 valence electrons. The number of likely N-dealkylation sites (tertiary alicyclic amines) is 1. The minimum Gasteiger partial charge on any atom is -0.444 e. The molecular formula is C17H24ClN3O3. The van der Waals surface area contributed by atoms with Gasteiger partial charge in [0.2, 0.25) is 0 Å². The highest BCUT2D eigenvalue weighted by Gasteiger charge is 2.27. The molecule has 1 aliphatic rings. The van der Waals surface area contributed by atoms with Crippen LogP contribution in [-0.2, 0) is 4.74 Å². The molecule has 0 aromatic heterocycles. The Hall–Kier alpha value is -1.95. The van der Waals surface area contributed by atoms with E-state index in [0.29, 0.717) is 29.4 Å². The summed E-state index contributed by atoms with van der Waals surface area (Å²) in [5.74, 6) is -0.561. The number of anilines is 1. The van der Waals surface area contributed by atoms with Gasteiger partial charge < -0.3 is 20.7 Å². The summed E-state index contributed by atoms with van der Waals surface area (Å²) in [6.45, 7) is 6.75. The minimum absolute atomic E-state index is 0.139. The summed E-state index contributed by atoms with van der Waals surface area (Å²) in [7, 11) is 0. The maximum Gasteiger partial charge on any atom is 0.410 e. The number of hydrogen-bond donors (Lipinski definition) is 2. The molecule has 7 heteroatoms. The predicted molar refractivity (Wildman–Crippen MR) is 94.4 cm³/mol. The Morgan fingerprint density at radius 1 is 1.29 bits per heavy atom. The lowest BCUT2D eigenvalue weighted by Gasteiger charge is -2.34. The summed E-state index contributed by atoms with van der Waals surface area (Å²) >= 11 is 6.06. The van der Waals surface area contributed by atoms with Gasteiger partial charge in [-0.25, -0.2) is 4.79 Å². The smallest absolute Gasteiger partial charge is 0.410 e. The van der Waals surface area contributed by atoms with Crippen LogP contribution >= 0.6 is 11.6 Å². The molecule has 2 amide bonds. The molecule has 0 saturated carbocycles. The fraction of sp³-hybridized carbons (Fsp3) is 0.529. The van der Waals surface area contributed by atoms with Crippen molar-refractivity contribution in [3.8, 4) is 0 Å². The van der Waals surface area contributed by atoms with E-state index in [9.17, 15) is 9.59 Å². The summed E-state index contributed by atoms with van der Waals surface area (Å²) in [5, 5.41) is 3.65. The van der Waals surface area contributed by atoms with Gasteiger partial charge in [-0.1, -0.05) is 17.7 Å². The lowest BCUT2D eigenvalue weighted by atomic mass is 10.0. The lowest BCUT2D eigenvalue weighted by Crippen LogP contribution is -2.44. The Kier molecular flexibility index (Phi) is 5.59. The molecule has 0 atom stereocenters. The number of benzene rings is 1. The molecule has 0 spiro atoms. The van der Waals surface area contributed by atoms with E-state index in [1.54, 1.807) is 23.1 Å². The zero-order valence-electron chi connectivity index (χ0n) is 14.3. The van der Waals surface area contributed by atoms with E-state index in [0.717, 1.165) is 12.8 Å². The fourth-order valence-corrected chi connectivity index (χ4v) is 2.92. The summed E-state index contributed by atoms with van der Waals surface area (Å²) in [6, 6.07) is 5.33. The van der Waals surface area contributed by atoms with E-state index in [1.807, 2.05) is 20.8 Å². The fourth-order valence-electron chi connectivity index (χ4n) is 2.65. The van der Waals surface area contributed by atoms with Crippen LogP contribution in [0.3, 0.4) is 0 Å². The molecule has 1 aliphatic heterocycles. The van der Waals surface area contributed by atoms with Crippen molar-refractivity contribution in [3.63, 3.8) is 0 Å². The van der Waals surface area contributed by atoms with Crippen LogP contribution in [0.15, 0.2) is 18.2 Å². The highest BCUT2D eigenvalue weighted by atomic mass is 35.5. The van der Waals surface area contributed by atoms with Crippen LogP contribution in [0.2, 0.25) is 5.02 Å². The highest BCUT2D eigenvalue weighted by Crippen LogP contribution is 2.26. The number of piperidine rings is 1. The van der Waals surface area contributed by atoms with Gasteiger partial charge in [0.15, 0.2) is 0 Å². The van der Waals surface area contributed by atoms with Gasteiger partial charge in [-0.05, 0) is 45.7 Å². The van der Waals surface area contributed by atoms with Crippen LogP contribution in [0.4, 0.5) is 10.5 Å². The average Bonchev–Trinajstić information content (AvgIpc) is 2.45. The van der Waals surface area contributed by atoms with Crippen LogP contribution in [-0.4, -0.2) is 41.6 Å². The number of ether oxygens (including phenoxy) is 1. The molecule has 1 aromatic rings. The first-order chi connectivity index (χ1) is 11.2. The Labute approximate surface area is 147 Å². The molecule has 24 heavy (non-hydrogen) atoms. The number of primary amides is 1. The second-order valence-corrected chi connectivity index (χ2v) is 7.32. The molecule has 2 rings (SSSR count). The van der Waals surface area contributed by atoms with Crippen molar-refractivity contribution in [3.05, 3.63) is 28.8 Å². The minimum atomic E-state index is -0.561. The summed E-state index contributed by atoms with van der Waals surface area (Å²) in [5.41, 5.74) is 5.84. The first kappa shape index (κ1) is 18.4. The number of hydrogen-bond acceptors (Lipinski definition) is 4. The van der Waals surface area contributed by atoms with E-state index < -0.39 is 11.5 Å². The highest BCUT2D eigenvalue weighted by molar-refractivity contribution is 6.34. The topological polar surface area (TPSA) is 84.7 Å². The zero-order valence-corrected chi connectivity index (χ0v) is 15.0. The normalized spacial score (nSPS) is 15.9. The third-order valence-corrected chi connectivity index (χ3v) is 4.08. The SMILES string of the molecule is CC(C)(C)OC(=O)N1CCC(Nc2cccc(Cl)c2C(N)=O)CC1. The molecule has 1 aromatic carbocycles. The average molecular weight is 354 g/mol. The molecule has 0 bridgehead atoms. The molecule has 1 fully saturated rings. The molecular weight excluding hydrogens is 330 g/mol. The van der Waals surface area contributed by atoms with Crippen molar-refractivity contribution >= 4 is 29.3 Å². The van der Waals surface area contributed by atoms with Gasteiger partial charge in [0.1, 0.15) is 5.60 Å². The van der Waals surface area contributed by atoms with E-state index in [1.165, 1.54) is 0 Å². The Morgan fingerprint density at radius 3 is 2.46 bits per heavy atom. The molecule has 1 saturated heterocycles. The summed E-state index contributed by atoms with van der Waals surface area (Å²) < 4.78 is 5.38. The number of amides is 2. The number of halogens is 1. The van der Waals surface area contributed by atoms with Crippen LogP contribution in [0, 0.1) is 0 Å². The van der Waals surface area contributed by atoms with E-state index in [-0.39, 0.29) is 12.1 Å². The van der Waals surface area contributed by atoms with Crippen molar-refractivity contribution in [1.29, 1.82) is 0 Å². The first-order valence-electron chi connectivity index (χ1n) is 8.00. The van der Waals surface area contributed by atoms with Gasteiger partial charge in [-0.15, -0.1) is 0 Å². The molecule has 0 radical (unpaired) electrons. The van der Waals surface area contributed by atoms with Crippen molar-refractivity contribution in [2.45, 2.75) is 45.3 Å². The van der Waals surface area contributed by atoms with E-state index in [2.05, 4.69) is 5.32 Å². The third-order valence-electron chi connectivity index (χ3n) is 3.77. The molecule has 1 heterocycles. The maximum atomic E-state index is 12.1. The van der Waals surface area contributed by atoms with Gasteiger partial charge in [-0.3, -0.25) is 4.79 Å². The number of carbonyl (C=O) groups is 2. The standard InChI is InChI=1S/C17H24ClN3O3/c1-17(2,3)24-16(23)21-9-7-11(8-10-21)20-13-6-4-5-12(18)14(13)15(19)22/h4-6,11,20H,7-10H2,1-3H3,(H2,19,22). The summed E-state index contributed by atoms with van der Waals surface area (Å²) in [4.78, 5) is 25.4. The molecule has 0 unspecified atom stereocenters. The van der Waals surface area contributed by atoms with Gasteiger partial charge in [0.05, 0.1) is 10.6 Å². The quantitative estimate of drug-likeness (QED) is 0.873. The number of nitrogens with two attached hydrogens (primary N) is 1. The monoisotopic (exact) mass is 353 g/mol. The number of nitrogens with one attached hydrogen (secondary N) is 1. The second kappa shape index (κ2) is 7.30. The van der Waals surface area contributed by atoms with Crippen LogP contribution in [0.1, 0.15) is 44.0 Å². The zero-order chi connectivity index (χ0) is 17.9. The largest absolute Gasteiger partial charge is 0.444 e. The second-order valence-electron chi connectivity index (χ2n) is 6.91. The van der Waals surface area contributed by atoms with E-state index in [4.69, 9.17) is 22.1 Å². The molecule has 6 nitrogen and oxygen atoms in total. The molecule has 0 aliphatic carbocycles. The predicted octanol–water partition coefficient (Wildman–Crippen LogP) is 3.25. The molecule has 3 N–H and O–H groups in total. The number of rotatable bonds is 3. The van der Waals surface area contributed by atoms with Crippen LogP contribution < -0.4 is 11.1 Å². The Morgan fingerprint density at radius 2 is 1.92 bits per heavy atom. The van der Waals surface area contributed by atoms with Crippen LogP contribution in [0.5, 0.6) is 0 Å². The van der Waals surface area contributed by atoms with Crippen molar-refractivity contribution in [2.24, 2.45) is 5.73 Å². The van der Waals surface area contributed by atoms with E-state index >= 15 is 0 Å². The van der Waals surface area contributed by atoms with Gasteiger partial charge in [0.25, 0.3) is 5.91 Å². The van der Waals surface area contributed by atoms with Crippen molar-refractivity contribution in [2.75, 3.05) is 18.4 Å². The Balaban J connectivity index is 1.96. The van der Waals surface area contributed by atoms with Crippen molar-refractivity contribution in [1.82, 2.24) is 4.90 Å². The van der Waals surface area contributed by atoms with Crippen LogP contribution in [0.25, 0.3) is 0 Å². The number of nitrogens with zero attached hydrogens (tertiary/aromatic N) is 1. The summed E-state index contributed by atoms with van der Waals surface area (Å²) in [6.07, 6.45) is 1.22. The van der Waals surface area contributed by atoms with Gasteiger partial charge in [0, 0.05) is 24.8 Å².